The van der Waals surface area contributed by atoms with Gasteiger partial charge in [0.05, 0.1) is 6.04 Å². The zero-order valence-corrected chi connectivity index (χ0v) is 17.3. The molecule has 0 saturated carbocycles. The number of rotatable bonds is 7. The Hall–Kier alpha value is -1.40. The molecule has 1 atom stereocenters. The summed E-state index contributed by atoms with van der Waals surface area (Å²) < 4.78 is 0. The minimum absolute atomic E-state index is 0.00820. The van der Waals surface area contributed by atoms with Crippen molar-refractivity contribution < 1.29 is 9.59 Å². The molecule has 1 aromatic heterocycles. The molecule has 0 radical (unpaired) electrons. The third-order valence-corrected chi connectivity index (χ3v) is 5.92. The Labute approximate surface area is 161 Å². The highest BCUT2D eigenvalue weighted by Gasteiger charge is 2.26. The molecule has 6 heteroatoms. The lowest BCUT2D eigenvalue weighted by Gasteiger charge is -2.36. The standard InChI is InChI=1S/C20H33N3O2S/c1-15-8-11-23(12-9-15)16(17-6-5-13-26-17)14-22-18(24)7-10-21-19(25)20(2,3)4/h5-6,13,15-16H,7-12,14H2,1-4H3,(H,21,25)(H,22,24). The number of amides is 2. The number of likely N-dealkylation sites (tertiary alicyclic amines) is 1. The van der Waals surface area contributed by atoms with Crippen molar-refractivity contribution in [1.29, 1.82) is 0 Å². The minimum atomic E-state index is -0.424. The first-order chi connectivity index (χ1) is 12.3. The zero-order valence-electron chi connectivity index (χ0n) is 16.5. The number of thiophene rings is 1. The van der Waals surface area contributed by atoms with Crippen molar-refractivity contribution in [2.24, 2.45) is 11.3 Å². The third kappa shape index (κ3) is 6.40. The molecule has 5 nitrogen and oxygen atoms in total. The molecule has 1 aromatic rings. The number of carbonyl (C=O) groups is 2. The van der Waals surface area contributed by atoms with Crippen molar-refractivity contribution in [2.45, 2.75) is 53.0 Å². The lowest BCUT2D eigenvalue weighted by atomic mass is 9.96. The maximum atomic E-state index is 12.2. The van der Waals surface area contributed by atoms with Crippen molar-refractivity contribution in [3.8, 4) is 0 Å². The SMILES string of the molecule is CC1CCN(C(CNC(=O)CCNC(=O)C(C)(C)C)c2cccs2)CC1. The second kappa shape index (κ2) is 9.51. The van der Waals surface area contributed by atoms with E-state index in [1.807, 2.05) is 20.8 Å². The van der Waals surface area contributed by atoms with Crippen LogP contribution in [0.15, 0.2) is 17.5 Å². The van der Waals surface area contributed by atoms with Crippen molar-refractivity contribution in [2.75, 3.05) is 26.2 Å². The van der Waals surface area contributed by atoms with Crippen LogP contribution in [0.1, 0.15) is 57.9 Å². The fraction of sp³-hybridized carbons (Fsp3) is 0.700. The van der Waals surface area contributed by atoms with E-state index in [1.165, 1.54) is 17.7 Å². The molecule has 26 heavy (non-hydrogen) atoms. The van der Waals surface area contributed by atoms with Gasteiger partial charge in [0.2, 0.25) is 11.8 Å². The van der Waals surface area contributed by atoms with E-state index in [0.29, 0.717) is 19.5 Å². The van der Waals surface area contributed by atoms with E-state index < -0.39 is 5.41 Å². The van der Waals surface area contributed by atoms with E-state index in [-0.39, 0.29) is 17.9 Å². The summed E-state index contributed by atoms with van der Waals surface area (Å²) in [4.78, 5) is 27.9. The molecule has 1 unspecified atom stereocenters. The van der Waals surface area contributed by atoms with Gasteiger partial charge in [0.1, 0.15) is 0 Å². The molecule has 2 heterocycles. The Morgan fingerprint density at radius 2 is 1.96 bits per heavy atom. The predicted octanol–water partition coefficient (Wildman–Crippen LogP) is 3.19. The van der Waals surface area contributed by atoms with Gasteiger partial charge in [-0.2, -0.15) is 0 Å². The monoisotopic (exact) mass is 379 g/mol. The summed E-state index contributed by atoms with van der Waals surface area (Å²) in [7, 11) is 0. The molecular formula is C20H33N3O2S. The lowest BCUT2D eigenvalue weighted by Crippen LogP contribution is -2.42. The number of carbonyl (C=O) groups excluding carboxylic acids is 2. The second-order valence-corrected chi connectivity index (χ2v) is 9.29. The van der Waals surface area contributed by atoms with Crippen LogP contribution in [0.5, 0.6) is 0 Å². The number of piperidine rings is 1. The Morgan fingerprint density at radius 3 is 2.54 bits per heavy atom. The van der Waals surface area contributed by atoms with Gasteiger partial charge >= 0.3 is 0 Å². The van der Waals surface area contributed by atoms with Gasteiger partial charge in [0, 0.05) is 29.8 Å². The fourth-order valence-electron chi connectivity index (χ4n) is 3.08. The first-order valence-corrected chi connectivity index (χ1v) is 10.5. The molecule has 2 amide bonds. The Bertz CT molecular complexity index is 572. The molecule has 0 bridgehead atoms. The van der Waals surface area contributed by atoms with Crippen LogP contribution < -0.4 is 10.6 Å². The van der Waals surface area contributed by atoms with Gasteiger partial charge in [0.15, 0.2) is 0 Å². The lowest BCUT2D eigenvalue weighted by molar-refractivity contribution is -0.128. The molecule has 1 saturated heterocycles. The van der Waals surface area contributed by atoms with E-state index in [2.05, 4.69) is 40.0 Å². The third-order valence-electron chi connectivity index (χ3n) is 4.94. The molecule has 2 N–H and O–H groups in total. The van der Waals surface area contributed by atoms with Crippen LogP contribution >= 0.6 is 11.3 Å². The van der Waals surface area contributed by atoms with Gasteiger partial charge in [-0.25, -0.2) is 0 Å². The van der Waals surface area contributed by atoms with Gasteiger partial charge in [-0.05, 0) is 43.3 Å². The molecule has 1 aliphatic heterocycles. The molecule has 1 aliphatic rings. The molecule has 0 aliphatic carbocycles. The summed E-state index contributed by atoms with van der Waals surface area (Å²) in [6, 6.07) is 4.47. The molecule has 146 valence electrons. The Balaban J connectivity index is 1.81. The normalized spacial score (nSPS) is 17.7. The number of hydrogen-bond donors (Lipinski definition) is 2. The van der Waals surface area contributed by atoms with Crippen LogP contribution in [0.2, 0.25) is 0 Å². The van der Waals surface area contributed by atoms with E-state index >= 15 is 0 Å². The van der Waals surface area contributed by atoms with Gasteiger partial charge in [-0.1, -0.05) is 33.8 Å². The topological polar surface area (TPSA) is 61.4 Å². The average molecular weight is 380 g/mol. The Morgan fingerprint density at radius 1 is 1.27 bits per heavy atom. The van der Waals surface area contributed by atoms with E-state index in [4.69, 9.17) is 0 Å². The average Bonchev–Trinajstić information content (AvgIpc) is 3.10. The van der Waals surface area contributed by atoms with Crippen molar-refractivity contribution >= 4 is 23.2 Å². The van der Waals surface area contributed by atoms with Crippen LogP contribution in [0.4, 0.5) is 0 Å². The van der Waals surface area contributed by atoms with Crippen LogP contribution in [0, 0.1) is 11.3 Å². The van der Waals surface area contributed by atoms with Gasteiger partial charge < -0.3 is 10.6 Å². The van der Waals surface area contributed by atoms with E-state index in [1.54, 1.807) is 11.3 Å². The summed E-state index contributed by atoms with van der Waals surface area (Å²) in [5, 5.41) is 7.99. The van der Waals surface area contributed by atoms with Crippen LogP contribution in [-0.4, -0.2) is 42.9 Å². The van der Waals surface area contributed by atoms with Crippen LogP contribution in [-0.2, 0) is 9.59 Å². The van der Waals surface area contributed by atoms with Crippen molar-refractivity contribution in [1.82, 2.24) is 15.5 Å². The largest absolute Gasteiger partial charge is 0.355 e. The molecule has 0 spiro atoms. The quantitative estimate of drug-likeness (QED) is 0.765. The maximum absolute atomic E-state index is 12.2. The number of nitrogens with zero attached hydrogens (tertiary/aromatic N) is 1. The summed E-state index contributed by atoms with van der Waals surface area (Å²) in [6.07, 6.45) is 2.75. The molecular weight excluding hydrogens is 346 g/mol. The van der Waals surface area contributed by atoms with E-state index in [0.717, 1.165) is 19.0 Å². The molecule has 1 fully saturated rings. The van der Waals surface area contributed by atoms with Crippen LogP contribution in [0.25, 0.3) is 0 Å². The van der Waals surface area contributed by atoms with Gasteiger partial charge in [-0.3, -0.25) is 14.5 Å². The first kappa shape index (κ1) is 20.9. The highest BCUT2D eigenvalue weighted by atomic mass is 32.1. The van der Waals surface area contributed by atoms with Gasteiger partial charge in [0.25, 0.3) is 0 Å². The van der Waals surface area contributed by atoms with E-state index in [9.17, 15) is 9.59 Å². The summed E-state index contributed by atoms with van der Waals surface area (Å²) in [6.45, 7) is 11.1. The molecule has 2 rings (SSSR count). The summed E-state index contributed by atoms with van der Waals surface area (Å²) in [5.41, 5.74) is -0.424. The van der Waals surface area contributed by atoms with Crippen molar-refractivity contribution in [3.63, 3.8) is 0 Å². The number of nitrogens with one attached hydrogen (secondary N) is 2. The first-order valence-electron chi connectivity index (χ1n) is 9.60. The highest BCUT2D eigenvalue weighted by Crippen LogP contribution is 2.29. The Kier molecular flexibility index (Phi) is 7.65. The van der Waals surface area contributed by atoms with Crippen LogP contribution in [0.3, 0.4) is 0 Å². The predicted molar refractivity (Wildman–Crippen MR) is 107 cm³/mol. The minimum Gasteiger partial charge on any atom is -0.355 e. The van der Waals surface area contributed by atoms with Crippen molar-refractivity contribution in [3.05, 3.63) is 22.4 Å². The maximum Gasteiger partial charge on any atom is 0.225 e. The smallest absolute Gasteiger partial charge is 0.225 e. The fourth-order valence-corrected chi connectivity index (χ4v) is 3.95. The molecule has 0 aromatic carbocycles. The van der Waals surface area contributed by atoms with Gasteiger partial charge in [-0.15, -0.1) is 11.3 Å². The highest BCUT2D eigenvalue weighted by molar-refractivity contribution is 7.10. The zero-order chi connectivity index (χ0) is 19.2. The number of hydrogen-bond acceptors (Lipinski definition) is 4. The summed E-state index contributed by atoms with van der Waals surface area (Å²) >= 11 is 1.75. The summed E-state index contributed by atoms with van der Waals surface area (Å²) in [5.74, 6) is 0.756. The second-order valence-electron chi connectivity index (χ2n) is 8.31.